The van der Waals surface area contributed by atoms with Crippen LogP contribution in [0.2, 0.25) is 0 Å². The molecular weight excluding hydrogens is 295 g/mol. The van der Waals surface area contributed by atoms with Gasteiger partial charge in [-0.3, -0.25) is 4.68 Å². The molecule has 0 aliphatic carbocycles. The first-order valence-corrected chi connectivity index (χ1v) is 7.22. The summed E-state index contributed by atoms with van der Waals surface area (Å²) < 4.78 is 20.7. The van der Waals surface area contributed by atoms with Crippen molar-refractivity contribution >= 4 is 10.9 Å². The number of hydrogen-bond donors (Lipinski definition) is 0. The van der Waals surface area contributed by atoms with Gasteiger partial charge in [0.15, 0.2) is 0 Å². The summed E-state index contributed by atoms with van der Waals surface area (Å²) in [5.41, 5.74) is 2.11. The number of aromatic nitrogens is 4. The Bertz CT molecular complexity index is 989. The zero-order chi connectivity index (χ0) is 15.8. The van der Waals surface area contributed by atoms with Gasteiger partial charge in [-0.05, 0) is 12.1 Å². The van der Waals surface area contributed by atoms with Crippen molar-refractivity contribution in [1.29, 1.82) is 0 Å². The third kappa shape index (κ3) is 2.38. The van der Waals surface area contributed by atoms with Crippen molar-refractivity contribution in [3.63, 3.8) is 0 Å². The molecule has 0 aliphatic rings. The maximum atomic E-state index is 13.9. The van der Waals surface area contributed by atoms with Crippen molar-refractivity contribution in [2.24, 2.45) is 0 Å². The molecule has 0 fully saturated rings. The lowest BCUT2D eigenvalue weighted by molar-refractivity contribution is 0.394. The second kappa shape index (κ2) is 5.31. The fourth-order valence-corrected chi connectivity index (χ4v) is 2.60. The fourth-order valence-electron chi connectivity index (χ4n) is 2.60. The molecule has 0 unspecified atom stereocenters. The van der Waals surface area contributed by atoms with Crippen LogP contribution < -0.4 is 0 Å². The Hall–Kier alpha value is -3.02. The third-order valence-corrected chi connectivity index (χ3v) is 3.68. The molecule has 0 aliphatic heterocycles. The van der Waals surface area contributed by atoms with Crippen LogP contribution in [-0.4, -0.2) is 19.9 Å². The molecule has 0 N–H and O–H groups in total. The van der Waals surface area contributed by atoms with Crippen molar-refractivity contribution in [1.82, 2.24) is 19.9 Å². The van der Waals surface area contributed by atoms with E-state index in [2.05, 4.69) is 15.2 Å². The van der Waals surface area contributed by atoms with E-state index in [9.17, 15) is 4.39 Å². The smallest absolute Gasteiger partial charge is 0.223 e. The predicted octanol–water partition coefficient (Wildman–Crippen LogP) is 3.58. The summed E-state index contributed by atoms with van der Waals surface area (Å²) in [6, 6.07) is 14.4. The van der Waals surface area contributed by atoms with E-state index < -0.39 is 0 Å². The maximum absolute atomic E-state index is 13.9. The molecule has 0 atom stereocenters. The van der Waals surface area contributed by atoms with Crippen LogP contribution in [-0.2, 0) is 6.54 Å². The zero-order valence-corrected chi connectivity index (χ0v) is 12.4. The van der Waals surface area contributed by atoms with Crippen molar-refractivity contribution in [2.45, 2.75) is 13.5 Å². The van der Waals surface area contributed by atoms with Gasteiger partial charge in [-0.2, -0.15) is 10.1 Å². The molecule has 0 saturated carbocycles. The van der Waals surface area contributed by atoms with E-state index in [0.717, 1.165) is 10.9 Å². The second-order valence-corrected chi connectivity index (χ2v) is 5.25. The minimum absolute atomic E-state index is 0.246. The Labute approximate surface area is 131 Å². The second-order valence-electron chi connectivity index (χ2n) is 5.25. The Balaban J connectivity index is 1.86. The van der Waals surface area contributed by atoms with Gasteiger partial charge in [0.05, 0.1) is 12.1 Å². The van der Waals surface area contributed by atoms with Gasteiger partial charge in [-0.1, -0.05) is 41.6 Å². The van der Waals surface area contributed by atoms with E-state index in [1.165, 1.54) is 6.07 Å². The van der Waals surface area contributed by atoms with Gasteiger partial charge in [0, 0.05) is 17.9 Å². The third-order valence-electron chi connectivity index (χ3n) is 3.68. The minimum atomic E-state index is -0.246. The van der Waals surface area contributed by atoms with Crippen molar-refractivity contribution < 1.29 is 8.91 Å². The fraction of sp³-hybridized carbons (Fsp3) is 0.118. The molecule has 4 aromatic rings. The standard InChI is InChI=1S/C17H13FN4O/c1-11-19-17(21-23-11)16-13-7-3-5-9-15(13)22(20-16)10-12-6-2-4-8-14(12)18/h2-9H,10H2,1H3. The van der Waals surface area contributed by atoms with E-state index in [1.54, 1.807) is 23.7 Å². The van der Waals surface area contributed by atoms with Crippen LogP contribution in [0.25, 0.3) is 22.4 Å². The Morgan fingerprint density at radius 3 is 2.65 bits per heavy atom. The van der Waals surface area contributed by atoms with Gasteiger partial charge in [0.1, 0.15) is 11.5 Å². The first-order valence-electron chi connectivity index (χ1n) is 7.22. The topological polar surface area (TPSA) is 56.7 Å². The summed E-state index contributed by atoms with van der Waals surface area (Å²) in [6.07, 6.45) is 0. The number of hydrogen-bond acceptors (Lipinski definition) is 4. The van der Waals surface area contributed by atoms with E-state index in [4.69, 9.17) is 4.52 Å². The number of halogens is 1. The molecular formula is C17H13FN4O. The van der Waals surface area contributed by atoms with Crippen LogP contribution in [0.15, 0.2) is 53.1 Å². The van der Waals surface area contributed by atoms with Crippen molar-refractivity contribution in [3.8, 4) is 11.5 Å². The maximum Gasteiger partial charge on any atom is 0.223 e. The zero-order valence-electron chi connectivity index (χ0n) is 12.4. The molecule has 6 heteroatoms. The lowest BCUT2D eigenvalue weighted by Crippen LogP contribution is -2.03. The summed E-state index contributed by atoms with van der Waals surface area (Å²) in [5, 5.41) is 9.42. The molecule has 2 aromatic carbocycles. The van der Waals surface area contributed by atoms with Gasteiger partial charge in [-0.15, -0.1) is 0 Å². The van der Waals surface area contributed by atoms with Gasteiger partial charge < -0.3 is 4.52 Å². The van der Waals surface area contributed by atoms with Crippen LogP contribution in [0, 0.1) is 12.7 Å². The highest BCUT2D eigenvalue weighted by molar-refractivity contribution is 5.91. The van der Waals surface area contributed by atoms with Crippen LogP contribution in [0.1, 0.15) is 11.5 Å². The largest absolute Gasteiger partial charge is 0.339 e. The minimum Gasteiger partial charge on any atom is -0.339 e. The number of nitrogens with zero attached hydrogens (tertiary/aromatic N) is 4. The summed E-state index contributed by atoms with van der Waals surface area (Å²) in [6.45, 7) is 2.07. The Morgan fingerprint density at radius 2 is 1.87 bits per heavy atom. The highest BCUT2D eigenvalue weighted by Crippen LogP contribution is 2.26. The molecule has 0 spiro atoms. The molecule has 114 valence electrons. The monoisotopic (exact) mass is 308 g/mol. The molecule has 2 heterocycles. The van der Waals surface area contributed by atoms with Crippen LogP contribution >= 0.6 is 0 Å². The number of fused-ring (bicyclic) bond motifs is 1. The van der Waals surface area contributed by atoms with Crippen molar-refractivity contribution in [3.05, 3.63) is 65.8 Å². The van der Waals surface area contributed by atoms with Gasteiger partial charge in [-0.25, -0.2) is 4.39 Å². The lowest BCUT2D eigenvalue weighted by Gasteiger charge is -2.04. The summed E-state index contributed by atoms with van der Waals surface area (Å²) in [7, 11) is 0. The molecule has 0 amide bonds. The highest BCUT2D eigenvalue weighted by Gasteiger charge is 2.17. The highest BCUT2D eigenvalue weighted by atomic mass is 19.1. The normalized spacial score (nSPS) is 11.2. The Kier molecular flexibility index (Phi) is 3.15. The molecule has 23 heavy (non-hydrogen) atoms. The summed E-state index contributed by atoms with van der Waals surface area (Å²) in [4.78, 5) is 4.24. The van der Waals surface area contributed by atoms with Gasteiger partial charge >= 0.3 is 0 Å². The quantitative estimate of drug-likeness (QED) is 0.580. The van der Waals surface area contributed by atoms with Crippen LogP contribution in [0.4, 0.5) is 4.39 Å². The SMILES string of the molecule is Cc1nc(-c2nn(Cc3ccccc3F)c3ccccc23)no1. The van der Waals surface area contributed by atoms with Crippen molar-refractivity contribution in [2.75, 3.05) is 0 Å². The number of para-hydroxylation sites is 1. The van der Waals surface area contributed by atoms with E-state index in [1.807, 2.05) is 30.3 Å². The van der Waals surface area contributed by atoms with E-state index >= 15 is 0 Å². The molecule has 0 radical (unpaired) electrons. The Morgan fingerprint density at radius 1 is 1.09 bits per heavy atom. The molecule has 5 nitrogen and oxygen atoms in total. The summed E-state index contributed by atoms with van der Waals surface area (Å²) >= 11 is 0. The van der Waals surface area contributed by atoms with Crippen LogP contribution in [0.5, 0.6) is 0 Å². The molecule has 2 aromatic heterocycles. The number of aryl methyl sites for hydroxylation is 1. The van der Waals surface area contributed by atoms with E-state index in [0.29, 0.717) is 29.5 Å². The predicted molar refractivity (Wildman–Crippen MR) is 83.3 cm³/mol. The van der Waals surface area contributed by atoms with Gasteiger partial charge in [0.2, 0.25) is 11.7 Å². The average molecular weight is 308 g/mol. The number of rotatable bonds is 3. The molecule has 4 rings (SSSR count). The van der Waals surface area contributed by atoms with Crippen LogP contribution in [0.3, 0.4) is 0 Å². The summed E-state index contributed by atoms with van der Waals surface area (Å²) in [5.74, 6) is 0.669. The lowest BCUT2D eigenvalue weighted by atomic mass is 10.2. The number of benzene rings is 2. The first-order chi connectivity index (χ1) is 11.2. The molecule has 0 saturated heterocycles. The average Bonchev–Trinajstić information content (AvgIpc) is 3.14. The molecule has 0 bridgehead atoms. The first kappa shape index (κ1) is 13.6. The van der Waals surface area contributed by atoms with E-state index in [-0.39, 0.29) is 5.82 Å². The van der Waals surface area contributed by atoms with Gasteiger partial charge in [0.25, 0.3) is 0 Å².